The number of hydrogen-bond donors (Lipinski definition) is 3. The van der Waals surface area contributed by atoms with E-state index in [4.69, 9.17) is 11.5 Å². The van der Waals surface area contributed by atoms with E-state index in [0.29, 0.717) is 6.42 Å². The van der Waals surface area contributed by atoms with E-state index < -0.39 is 11.4 Å². The molecule has 0 saturated carbocycles. The lowest BCUT2D eigenvalue weighted by Gasteiger charge is -2.19. The molecule has 0 spiro atoms. The Hall–Kier alpha value is -1.01. The highest BCUT2D eigenvalue weighted by Gasteiger charge is 2.24. The number of imidazole rings is 1. The lowest BCUT2D eigenvalue weighted by molar-refractivity contribution is -0.122. The number of nitrogens with two attached hydrogens (primary N) is 2. The summed E-state index contributed by atoms with van der Waals surface area (Å²) in [7, 11) is 0. The quantitative estimate of drug-likeness (QED) is 0.487. The van der Waals surface area contributed by atoms with Crippen molar-refractivity contribution < 1.29 is 4.79 Å². The molecule has 1 atom stereocenters. The minimum Gasteiger partial charge on any atom is -0.368 e. The number of aromatic amines is 1. The van der Waals surface area contributed by atoms with Crippen molar-refractivity contribution >= 4 is 17.7 Å². The smallest absolute Gasteiger partial charge is 0.237 e. The Kier molecular flexibility index (Phi) is 4.16. The van der Waals surface area contributed by atoms with Crippen LogP contribution in [0.25, 0.3) is 0 Å². The van der Waals surface area contributed by atoms with Gasteiger partial charge in [-0.1, -0.05) is 11.8 Å². The highest BCUT2D eigenvalue weighted by atomic mass is 32.2. The van der Waals surface area contributed by atoms with Crippen LogP contribution in [-0.4, -0.2) is 27.2 Å². The Morgan fingerprint density at radius 2 is 2.47 bits per heavy atom. The largest absolute Gasteiger partial charge is 0.368 e. The van der Waals surface area contributed by atoms with Crippen LogP contribution in [0, 0.1) is 0 Å². The highest BCUT2D eigenvalue weighted by Crippen LogP contribution is 2.16. The molecule has 6 heteroatoms. The van der Waals surface area contributed by atoms with Gasteiger partial charge in [0.15, 0.2) is 5.16 Å². The standard InChI is InChI=1S/C9H16N4OS/c1-9(11,7(10)14)3-2-6-15-8-12-4-5-13-8/h4-5H,2-3,6,11H2,1H3,(H2,10,14)(H,12,13). The van der Waals surface area contributed by atoms with Crippen molar-refractivity contribution in [3.05, 3.63) is 12.4 Å². The number of thioether (sulfide) groups is 1. The van der Waals surface area contributed by atoms with E-state index in [1.807, 2.05) is 0 Å². The zero-order chi connectivity index (χ0) is 11.3. The predicted octanol–water partition coefficient (Wildman–Crippen LogP) is 0.485. The van der Waals surface area contributed by atoms with Crippen LogP contribution in [0.2, 0.25) is 0 Å². The topological polar surface area (TPSA) is 97.8 Å². The van der Waals surface area contributed by atoms with E-state index in [1.165, 1.54) is 0 Å². The molecule has 0 saturated heterocycles. The first-order valence-corrected chi connectivity index (χ1v) is 5.72. The van der Waals surface area contributed by atoms with Crippen molar-refractivity contribution in [2.75, 3.05) is 5.75 Å². The molecule has 15 heavy (non-hydrogen) atoms. The molecule has 1 aromatic heterocycles. The van der Waals surface area contributed by atoms with Gasteiger partial charge >= 0.3 is 0 Å². The second kappa shape index (κ2) is 5.18. The summed E-state index contributed by atoms with van der Waals surface area (Å²) < 4.78 is 0. The number of carbonyl (C=O) groups is 1. The van der Waals surface area contributed by atoms with E-state index in [0.717, 1.165) is 17.3 Å². The maximum absolute atomic E-state index is 10.9. The Balaban J connectivity index is 2.19. The molecule has 84 valence electrons. The van der Waals surface area contributed by atoms with Gasteiger partial charge in [0.1, 0.15) is 0 Å². The Morgan fingerprint density at radius 1 is 1.73 bits per heavy atom. The molecule has 0 aromatic carbocycles. The molecule has 1 aromatic rings. The molecule has 0 aliphatic carbocycles. The van der Waals surface area contributed by atoms with Gasteiger partial charge in [0, 0.05) is 18.1 Å². The molecule has 0 aliphatic heterocycles. The molecule has 0 fully saturated rings. The Labute approximate surface area is 93.0 Å². The van der Waals surface area contributed by atoms with Gasteiger partial charge in [-0.05, 0) is 19.8 Å². The first-order valence-electron chi connectivity index (χ1n) is 4.73. The van der Waals surface area contributed by atoms with Crippen LogP contribution in [0.3, 0.4) is 0 Å². The summed E-state index contributed by atoms with van der Waals surface area (Å²) in [5.41, 5.74) is 9.97. The monoisotopic (exact) mass is 228 g/mol. The van der Waals surface area contributed by atoms with Gasteiger partial charge < -0.3 is 16.5 Å². The number of nitrogens with zero attached hydrogens (tertiary/aromatic N) is 1. The third kappa shape index (κ3) is 3.93. The zero-order valence-electron chi connectivity index (χ0n) is 8.69. The summed E-state index contributed by atoms with van der Waals surface area (Å²) in [6, 6.07) is 0. The SMILES string of the molecule is CC(N)(CCCSc1ncc[nH]1)C(N)=O. The highest BCUT2D eigenvalue weighted by molar-refractivity contribution is 7.99. The number of aromatic nitrogens is 2. The Bertz CT molecular complexity index is 310. The number of carbonyl (C=O) groups excluding carboxylic acids is 1. The third-order valence-electron chi connectivity index (χ3n) is 2.12. The Morgan fingerprint density at radius 3 is 3.00 bits per heavy atom. The first-order chi connectivity index (χ1) is 7.02. The zero-order valence-corrected chi connectivity index (χ0v) is 9.51. The number of H-pyrrole nitrogens is 1. The fraction of sp³-hybridized carbons (Fsp3) is 0.556. The van der Waals surface area contributed by atoms with Crippen molar-refractivity contribution in [1.82, 2.24) is 9.97 Å². The molecule has 0 bridgehead atoms. The van der Waals surface area contributed by atoms with E-state index in [1.54, 1.807) is 31.1 Å². The third-order valence-corrected chi connectivity index (χ3v) is 3.10. The van der Waals surface area contributed by atoms with Crippen molar-refractivity contribution in [2.45, 2.75) is 30.5 Å². The van der Waals surface area contributed by atoms with Gasteiger partial charge in [-0.2, -0.15) is 0 Å². The van der Waals surface area contributed by atoms with E-state index in [2.05, 4.69) is 9.97 Å². The van der Waals surface area contributed by atoms with Crippen molar-refractivity contribution in [3.8, 4) is 0 Å². The molecular formula is C9H16N4OS. The first kappa shape index (κ1) is 12.1. The van der Waals surface area contributed by atoms with Crippen LogP contribution < -0.4 is 11.5 Å². The number of nitrogens with one attached hydrogen (secondary N) is 1. The molecule has 5 N–H and O–H groups in total. The maximum Gasteiger partial charge on any atom is 0.237 e. The van der Waals surface area contributed by atoms with E-state index in [9.17, 15) is 4.79 Å². The minimum absolute atomic E-state index is 0.453. The second-order valence-corrected chi connectivity index (χ2v) is 4.71. The molecule has 1 heterocycles. The lowest BCUT2D eigenvalue weighted by Crippen LogP contribution is -2.49. The number of amides is 1. The maximum atomic E-state index is 10.9. The summed E-state index contributed by atoms with van der Waals surface area (Å²) in [6.07, 6.45) is 4.91. The van der Waals surface area contributed by atoms with Crippen molar-refractivity contribution in [2.24, 2.45) is 11.5 Å². The van der Waals surface area contributed by atoms with Crippen LogP contribution in [-0.2, 0) is 4.79 Å². The summed E-state index contributed by atoms with van der Waals surface area (Å²) in [6.45, 7) is 1.66. The van der Waals surface area contributed by atoms with E-state index >= 15 is 0 Å². The summed E-state index contributed by atoms with van der Waals surface area (Å²) in [5.74, 6) is 0.415. The lowest BCUT2D eigenvalue weighted by atomic mass is 9.97. The number of hydrogen-bond acceptors (Lipinski definition) is 4. The normalized spacial score (nSPS) is 14.8. The van der Waals surface area contributed by atoms with E-state index in [-0.39, 0.29) is 0 Å². The molecular weight excluding hydrogens is 212 g/mol. The predicted molar refractivity (Wildman–Crippen MR) is 60.3 cm³/mol. The minimum atomic E-state index is -0.899. The van der Waals surface area contributed by atoms with Crippen LogP contribution in [0.15, 0.2) is 17.6 Å². The number of rotatable bonds is 6. The van der Waals surface area contributed by atoms with Crippen LogP contribution in [0.1, 0.15) is 19.8 Å². The summed E-state index contributed by atoms with van der Waals surface area (Å²) in [5, 5.41) is 0.882. The van der Waals surface area contributed by atoms with Gasteiger partial charge in [-0.25, -0.2) is 4.98 Å². The molecule has 5 nitrogen and oxygen atoms in total. The van der Waals surface area contributed by atoms with Crippen LogP contribution in [0.4, 0.5) is 0 Å². The average Bonchev–Trinajstić information content (AvgIpc) is 2.64. The molecule has 0 aliphatic rings. The molecule has 1 amide bonds. The average molecular weight is 228 g/mol. The van der Waals surface area contributed by atoms with Crippen molar-refractivity contribution in [1.29, 1.82) is 0 Å². The van der Waals surface area contributed by atoms with Gasteiger partial charge in [0.25, 0.3) is 0 Å². The van der Waals surface area contributed by atoms with Gasteiger partial charge in [0.05, 0.1) is 5.54 Å². The molecule has 1 rings (SSSR count). The second-order valence-electron chi connectivity index (χ2n) is 3.63. The van der Waals surface area contributed by atoms with Gasteiger partial charge in [0.2, 0.25) is 5.91 Å². The van der Waals surface area contributed by atoms with Crippen LogP contribution >= 0.6 is 11.8 Å². The van der Waals surface area contributed by atoms with Gasteiger partial charge in [-0.3, -0.25) is 4.79 Å². The van der Waals surface area contributed by atoms with Crippen LogP contribution in [0.5, 0.6) is 0 Å². The molecule has 0 radical (unpaired) electrons. The number of primary amides is 1. The molecule has 1 unspecified atom stereocenters. The fourth-order valence-corrected chi connectivity index (χ4v) is 1.83. The van der Waals surface area contributed by atoms with Crippen molar-refractivity contribution in [3.63, 3.8) is 0 Å². The summed E-state index contributed by atoms with van der Waals surface area (Å²) in [4.78, 5) is 18.0. The van der Waals surface area contributed by atoms with Gasteiger partial charge in [-0.15, -0.1) is 0 Å². The summed E-state index contributed by atoms with van der Waals surface area (Å²) >= 11 is 1.61. The fourth-order valence-electron chi connectivity index (χ4n) is 1.06.